The van der Waals surface area contributed by atoms with Gasteiger partial charge in [0, 0.05) is 6.42 Å². The fraction of sp³-hybridized carbons (Fsp3) is 0.444. The van der Waals surface area contributed by atoms with Gasteiger partial charge in [0.2, 0.25) is 0 Å². The number of hydrogen-bond acceptors (Lipinski definition) is 1. The third-order valence-electron chi connectivity index (χ3n) is 1.79. The standard InChI is InChI=1S/C9H12O/c1-3-8-4-7(2)5-9(10)6-8/h3,5,8H,1,4,6H2,2H3/t8-/m0/s1. The van der Waals surface area contributed by atoms with Crippen LogP contribution in [0.5, 0.6) is 0 Å². The maximum Gasteiger partial charge on any atom is 0.156 e. The molecule has 54 valence electrons. The van der Waals surface area contributed by atoms with Gasteiger partial charge >= 0.3 is 0 Å². The van der Waals surface area contributed by atoms with E-state index in [0.29, 0.717) is 12.3 Å². The quantitative estimate of drug-likeness (QED) is 0.504. The van der Waals surface area contributed by atoms with Gasteiger partial charge in [0.15, 0.2) is 5.78 Å². The molecule has 0 fully saturated rings. The first-order valence-electron chi connectivity index (χ1n) is 3.55. The van der Waals surface area contributed by atoms with E-state index in [9.17, 15) is 4.79 Å². The van der Waals surface area contributed by atoms with Crippen LogP contribution in [-0.2, 0) is 4.79 Å². The molecule has 0 saturated carbocycles. The second-order valence-corrected chi connectivity index (χ2v) is 2.86. The summed E-state index contributed by atoms with van der Waals surface area (Å²) in [5, 5.41) is 0. The van der Waals surface area contributed by atoms with Crippen LogP contribution < -0.4 is 0 Å². The first kappa shape index (κ1) is 7.26. The van der Waals surface area contributed by atoms with Gasteiger partial charge in [0.1, 0.15) is 0 Å². The van der Waals surface area contributed by atoms with Crippen molar-refractivity contribution in [3.8, 4) is 0 Å². The monoisotopic (exact) mass is 136 g/mol. The van der Waals surface area contributed by atoms with Gasteiger partial charge in [-0.1, -0.05) is 11.6 Å². The van der Waals surface area contributed by atoms with E-state index < -0.39 is 0 Å². The van der Waals surface area contributed by atoms with Crippen LogP contribution in [0.15, 0.2) is 24.3 Å². The lowest BCUT2D eigenvalue weighted by Gasteiger charge is -2.15. The minimum atomic E-state index is 0.244. The first-order valence-corrected chi connectivity index (χ1v) is 3.55. The third kappa shape index (κ3) is 1.56. The van der Waals surface area contributed by atoms with E-state index in [1.54, 1.807) is 6.08 Å². The molecule has 10 heavy (non-hydrogen) atoms. The molecule has 0 N–H and O–H groups in total. The molecule has 1 heteroatoms. The molecule has 0 aromatic heterocycles. The van der Waals surface area contributed by atoms with Crippen LogP contribution in [0.3, 0.4) is 0 Å². The summed E-state index contributed by atoms with van der Waals surface area (Å²) >= 11 is 0. The van der Waals surface area contributed by atoms with Crippen molar-refractivity contribution < 1.29 is 4.79 Å². The van der Waals surface area contributed by atoms with Crippen molar-refractivity contribution in [2.75, 3.05) is 0 Å². The molecule has 0 aromatic carbocycles. The van der Waals surface area contributed by atoms with Crippen LogP contribution in [0.1, 0.15) is 19.8 Å². The number of carbonyl (C=O) groups excluding carboxylic acids is 1. The van der Waals surface area contributed by atoms with Gasteiger partial charge in [-0.3, -0.25) is 4.79 Å². The van der Waals surface area contributed by atoms with Crippen LogP contribution in [0.25, 0.3) is 0 Å². The molecule has 0 aromatic rings. The summed E-state index contributed by atoms with van der Waals surface area (Å²) in [7, 11) is 0. The summed E-state index contributed by atoms with van der Waals surface area (Å²) in [6, 6.07) is 0. The van der Waals surface area contributed by atoms with Crippen molar-refractivity contribution >= 4 is 5.78 Å². The van der Waals surface area contributed by atoms with Crippen molar-refractivity contribution in [2.24, 2.45) is 5.92 Å². The highest BCUT2D eigenvalue weighted by atomic mass is 16.1. The average molecular weight is 136 g/mol. The molecular formula is C9H12O. The number of rotatable bonds is 1. The summed E-state index contributed by atoms with van der Waals surface area (Å²) < 4.78 is 0. The van der Waals surface area contributed by atoms with E-state index >= 15 is 0 Å². The number of ketones is 1. The minimum Gasteiger partial charge on any atom is -0.295 e. The number of allylic oxidation sites excluding steroid dienone is 3. The van der Waals surface area contributed by atoms with E-state index in [4.69, 9.17) is 0 Å². The zero-order valence-electron chi connectivity index (χ0n) is 6.26. The van der Waals surface area contributed by atoms with E-state index in [0.717, 1.165) is 6.42 Å². The SMILES string of the molecule is C=C[C@@H]1CC(=O)C=C(C)C1. The van der Waals surface area contributed by atoms with E-state index in [-0.39, 0.29) is 5.78 Å². The Labute approximate surface area is 61.4 Å². The summed E-state index contributed by atoms with van der Waals surface area (Å²) in [6.07, 6.45) is 5.27. The Hall–Kier alpha value is -0.850. The normalized spacial score (nSPS) is 25.9. The average Bonchev–Trinajstić information content (AvgIpc) is 1.85. The largest absolute Gasteiger partial charge is 0.295 e. The van der Waals surface area contributed by atoms with Gasteiger partial charge in [-0.2, -0.15) is 0 Å². The molecule has 0 heterocycles. The summed E-state index contributed by atoms with van der Waals surface area (Å²) in [5.41, 5.74) is 1.18. The smallest absolute Gasteiger partial charge is 0.156 e. The van der Waals surface area contributed by atoms with Crippen molar-refractivity contribution in [3.05, 3.63) is 24.3 Å². The lowest BCUT2D eigenvalue weighted by molar-refractivity contribution is -0.115. The van der Waals surface area contributed by atoms with Crippen molar-refractivity contribution in [1.82, 2.24) is 0 Å². The van der Waals surface area contributed by atoms with Gasteiger partial charge < -0.3 is 0 Å². The predicted molar refractivity (Wildman–Crippen MR) is 41.7 cm³/mol. The molecule has 0 unspecified atom stereocenters. The fourth-order valence-electron chi connectivity index (χ4n) is 1.30. The highest BCUT2D eigenvalue weighted by Gasteiger charge is 2.14. The van der Waals surface area contributed by atoms with Gasteiger partial charge in [-0.15, -0.1) is 6.58 Å². The lowest BCUT2D eigenvalue weighted by atomic mass is 9.89. The Bertz CT molecular complexity index is 189. The van der Waals surface area contributed by atoms with Crippen LogP contribution in [0, 0.1) is 5.92 Å². The van der Waals surface area contributed by atoms with Crippen molar-refractivity contribution in [2.45, 2.75) is 19.8 Å². The maximum absolute atomic E-state index is 10.9. The zero-order chi connectivity index (χ0) is 7.56. The van der Waals surface area contributed by atoms with Crippen LogP contribution in [0.2, 0.25) is 0 Å². The van der Waals surface area contributed by atoms with Crippen molar-refractivity contribution in [3.63, 3.8) is 0 Å². The predicted octanol–water partition coefficient (Wildman–Crippen LogP) is 2.10. The molecule has 0 amide bonds. The highest BCUT2D eigenvalue weighted by Crippen LogP contribution is 2.21. The van der Waals surface area contributed by atoms with Gasteiger partial charge in [-0.25, -0.2) is 0 Å². The number of carbonyl (C=O) groups is 1. The fourth-order valence-corrected chi connectivity index (χ4v) is 1.30. The molecule has 1 nitrogen and oxygen atoms in total. The van der Waals surface area contributed by atoms with Crippen molar-refractivity contribution in [1.29, 1.82) is 0 Å². The minimum absolute atomic E-state index is 0.244. The van der Waals surface area contributed by atoms with Gasteiger partial charge in [0.25, 0.3) is 0 Å². The van der Waals surface area contributed by atoms with E-state index in [1.807, 2.05) is 13.0 Å². The van der Waals surface area contributed by atoms with Crippen LogP contribution in [-0.4, -0.2) is 5.78 Å². The van der Waals surface area contributed by atoms with Crippen LogP contribution >= 0.6 is 0 Å². The summed E-state index contributed by atoms with van der Waals surface area (Å²) in [6.45, 7) is 5.67. The zero-order valence-corrected chi connectivity index (χ0v) is 6.26. The third-order valence-corrected chi connectivity index (χ3v) is 1.79. The molecule has 0 aliphatic heterocycles. The second kappa shape index (κ2) is 2.82. The molecule has 0 radical (unpaired) electrons. The van der Waals surface area contributed by atoms with Gasteiger partial charge in [-0.05, 0) is 25.3 Å². The Morgan fingerprint density at radius 2 is 2.40 bits per heavy atom. The topological polar surface area (TPSA) is 17.1 Å². The molecular weight excluding hydrogens is 124 g/mol. The van der Waals surface area contributed by atoms with Gasteiger partial charge in [0.05, 0.1) is 0 Å². The number of hydrogen-bond donors (Lipinski definition) is 0. The Morgan fingerprint density at radius 3 is 2.90 bits per heavy atom. The van der Waals surface area contributed by atoms with Crippen LogP contribution in [0.4, 0.5) is 0 Å². The molecule has 0 spiro atoms. The first-order chi connectivity index (χ1) is 4.72. The molecule has 0 bridgehead atoms. The van der Waals surface area contributed by atoms with E-state index in [1.165, 1.54) is 5.57 Å². The summed E-state index contributed by atoms with van der Waals surface area (Å²) in [4.78, 5) is 10.9. The van der Waals surface area contributed by atoms with E-state index in [2.05, 4.69) is 6.58 Å². The molecule has 1 aliphatic rings. The molecule has 1 atom stereocenters. The maximum atomic E-state index is 10.9. The summed E-state index contributed by atoms with van der Waals surface area (Å²) in [5.74, 6) is 0.631. The molecule has 0 saturated heterocycles. The Morgan fingerprint density at radius 1 is 1.70 bits per heavy atom. The highest BCUT2D eigenvalue weighted by molar-refractivity contribution is 5.91. The second-order valence-electron chi connectivity index (χ2n) is 2.86. The molecule has 1 rings (SSSR count). The Kier molecular flexibility index (Phi) is 2.05. The molecule has 1 aliphatic carbocycles. The lowest BCUT2D eigenvalue weighted by Crippen LogP contribution is -2.10. The Balaban J connectivity index is 2.69.